The third kappa shape index (κ3) is 3.72. The van der Waals surface area contributed by atoms with Crippen LogP contribution in [-0.4, -0.2) is 25.1 Å². The van der Waals surface area contributed by atoms with Crippen molar-refractivity contribution in [1.29, 1.82) is 0 Å². The highest BCUT2D eigenvalue weighted by atomic mass is 32.2. The summed E-state index contributed by atoms with van der Waals surface area (Å²) in [5.41, 5.74) is 3.16. The zero-order chi connectivity index (χ0) is 15.6. The highest BCUT2D eigenvalue weighted by molar-refractivity contribution is 7.89. The molecule has 1 N–H and O–H groups in total. The lowest BCUT2D eigenvalue weighted by molar-refractivity contribution is 0.0981. The number of carbonyl (C=O) groups excluding carboxylic acids is 1. The Kier molecular flexibility index (Phi) is 4.18. The fourth-order valence-electron chi connectivity index (χ4n) is 2.26. The molecule has 1 aromatic carbocycles. The summed E-state index contributed by atoms with van der Waals surface area (Å²) >= 11 is 0. The Morgan fingerprint density at radius 1 is 1.19 bits per heavy atom. The predicted molar refractivity (Wildman–Crippen MR) is 81.8 cm³/mol. The summed E-state index contributed by atoms with van der Waals surface area (Å²) in [6.07, 6.45) is 0.966. The molecule has 1 aromatic heterocycles. The fraction of sp³-hybridized carbons (Fsp3) is 0.267. The Balaban J connectivity index is 2.32. The zero-order valence-electron chi connectivity index (χ0n) is 12.3. The molecule has 0 aliphatic rings. The van der Waals surface area contributed by atoms with Crippen molar-refractivity contribution in [2.45, 2.75) is 20.4 Å². The topological polar surface area (TPSA) is 68.2 Å². The van der Waals surface area contributed by atoms with Crippen LogP contribution >= 0.6 is 0 Å². The van der Waals surface area contributed by atoms with Crippen molar-refractivity contribution in [3.05, 3.63) is 58.9 Å². The largest absolute Gasteiger partial charge is 0.344 e. The average molecular weight is 306 g/mol. The highest BCUT2D eigenvalue weighted by Gasteiger charge is 2.18. The molecule has 0 bridgehead atoms. The summed E-state index contributed by atoms with van der Waals surface area (Å²) in [6, 6.07) is 11.6. The number of carbonyl (C=O) groups is 1. The number of aromatic nitrogens is 1. The minimum Gasteiger partial charge on any atom is -0.344 e. The number of benzene rings is 1. The average Bonchev–Trinajstić information content (AvgIpc) is 2.66. The lowest BCUT2D eigenvalue weighted by Gasteiger charge is -2.10. The summed E-state index contributed by atoms with van der Waals surface area (Å²) in [5, 5.41) is 0. The maximum atomic E-state index is 12.0. The molecule has 0 spiro atoms. The second-order valence-electron chi connectivity index (χ2n) is 5.06. The van der Waals surface area contributed by atoms with Gasteiger partial charge in [-0.25, -0.2) is 13.1 Å². The van der Waals surface area contributed by atoms with Gasteiger partial charge >= 0.3 is 0 Å². The van der Waals surface area contributed by atoms with E-state index in [1.165, 1.54) is 0 Å². The molecule has 21 heavy (non-hydrogen) atoms. The molecule has 0 atom stereocenters. The molecule has 0 aliphatic carbocycles. The lowest BCUT2D eigenvalue weighted by atomic mass is 10.2. The van der Waals surface area contributed by atoms with E-state index in [0.29, 0.717) is 12.1 Å². The van der Waals surface area contributed by atoms with Gasteiger partial charge in [-0.3, -0.25) is 4.79 Å². The van der Waals surface area contributed by atoms with E-state index in [0.717, 1.165) is 23.2 Å². The molecule has 1 heterocycles. The monoisotopic (exact) mass is 306 g/mol. The highest BCUT2D eigenvalue weighted by Crippen LogP contribution is 2.17. The predicted octanol–water partition coefficient (Wildman–Crippen LogP) is 1.84. The second-order valence-corrected chi connectivity index (χ2v) is 6.81. The van der Waals surface area contributed by atoms with Gasteiger partial charge in [-0.2, -0.15) is 0 Å². The normalized spacial score (nSPS) is 11.4. The van der Waals surface area contributed by atoms with Gasteiger partial charge in [0.05, 0.1) is 11.8 Å². The van der Waals surface area contributed by atoms with Crippen molar-refractivity contribution in [1.82, 2.24) is 9.29 Å². The van der Waals surface area contributed by atoms with Gasteiger partial charge in [0.15, 0.2) is 0 Å². The van der Waals surface area contributed by atoms with Crippen LogP contribution in [0.3, 0.4) is 0 Å². The molecule has 6 heteroatoms. The lowest BCUT2D eigenvalue weighted by Crippen LogP contribution is -2.29. The fourth-order valence-corrected chi connectivity index (χ4v) is 2.71. The van der Waals surface area contributed by atoms with Crippen LogP contribution in [-0.2, 0) is 16.6 Å². The molecule has 5 nitrogen and oxygen atoms in total. The minimum atomic E-state index is -3.56. The summed E-state index contributed by atoms with van der Waals surface area (Å²) in [7, 11) is -3.56. The standard InChI is InChI=1S/C15H18N2O3S/c1-11-9-14(15(18)16-21(3,19)20)12(2)17(11)10-13-7-5-4-6-8-13/h4-9H,10H2,1-3H3,(H,16,18). The van der Waals surface area contributed by atoms with E-state index in [1.54, 1.807) is 6.07 Å². The molecule has 2 aromatic rings. The number of rotatable bonds is 4. The van der Waals surface area contributed by atoms with E-state index < -0.39 is 15.9 Å². The van der Waals surface area contributed by atoms with E-state index in [-0.39, 0.29) is 0 Å². The molecular weight excluding hydrogens is 288 g/mol. The number of amides is 1. The van der Waals surface area contributed by atoms with Gasteiger partial charge < -0.3 is 4.57 Å². The van der Waals surface area contributed by atoms with Crippen molar-refractivity contribution in [3.8, 4) is 0 Å². The van der Waals surface area contributed by atoms with Gasteiger partial charge in [-0.15, -0.1) is 0 Å². The molecule has 0 saturated heterocycles. The van der Waals surface area contributed by atoms with Crippen LogP contribution in [0.15, 0.2) is 36.4 Å². The molecular formula is C15H18N2O3S. The second kappa shape index (κ2) is 5.73. The maximum Gasteiger partial charge on any atom is 0.266 e. The molecule has 0 unspecified atom stereocenters. The van der Waals surface area contributed by atoms with E-state index in [9.17, 15) is 13.2 Å². The van der Waals surface area contributed by atoms with E-state index >= 15 is 0 Å². The van der Waals surface area contributed by atoms with Crippen molar-refractivity contribution in [2.24, 2.45) is 0 Å². The SMILES string of the molecule is Cc1cc(C(=O)NS(C)(=O)=O)c(C)n1Cc1ccccc1. The summed E-state index contributed by atoms with van der Waals surface area (Å²) in [5.74, 6) is -0.593. The van der Waals surface area contributed by atoms with E-state index in [4.69, 9.17) is 0 Å². The Morgan fingerprint density at radius 3 is 2.38 bits per heavy atom. The minimum absolute atomic E-state index is 0.383. The number of hydrogen-bond acceptors (Lipinski definition) is 3. The zero-order valence-corrected chi connectivity index (χ0v) is 13.1. The van der Waals surface area contributed by atoms with E-state index in [2.05, 4.69) is 0 Å². The van der Waals surface area contributed by atoms with Crippen LogP contribution in [0, 0.1) is 13.8 Å². The molecule has 0 saturated carbocycles. The first-order valence-electron chi connectivity index (χ1n) is 6.50. The number of sulfonamides is 1. The summed E-state index contributed by atoms with van der Waals surface area (Å²) in [4.78, 5) is 12.0. The molecule has 2 rings (SSSR count). The molecule has 0 fully saturated rings. The van der Waals surface area contributed by atoms with Crippen LogP contribution in [0.4, 0.5) is 0 Å². The summed E-state index contributed by atoms with van der Waals surface area (Å²) < 4.78 is 26.3. The van der Waals surface area contributed by atoms with Crippen LogP contribution in [0.25, 0.3) is 0 Å². The van der Waals surface area contributed by atoms with Gasteiger partial charge in [-0.05, 0) is 25.5 Å². The Labute approximate surface area is 124 Å². The van der Waals surface area contributed by atoms with Crippen LogP contribution in [0.1, 0.15) is 27.3 Å². The maximum absolute atomic E-state index is 12.0. The first-order valence-corrected chi connectivity index (χ1v) is 8.40. The van der Waals surface area contributed by atoms with Crippen molar-refractivity contribution >= 4 is 15.9 Å². The van der Waals surface area contributed by atoms with Crippen molar-refractivity contribution < 1.29 is 13.2 Å². The molecule has 0 aliphatic heterocycles. The Bertz CT molecular complexity index is 762. The first-order chi connectivity index (χ1) is 9.78. The molecule has 1 amide bonds. The quantitative estimate of drug-likeness (QED) is 0.937. The van der Waals surface area contributed by atoms with Gasteiger partial charge in [-0.1, -0.05) is 30.3 Å². The Morgan fingerprint density at radius 2 is 1.81 bits per heavy atom. The number of hydrogen-bond donors (Lipinski definition) is 1. The number of nitrogens with zero attached hydrogens (tertiary/aromatic N) is 1. The van der Waals surface area contributed by atoms with Gasteiger partial charge in [0, 0.05) is 17.9 Å². The Hall–Kier alpha value is -2.08. The number of nitrogens with one attached hydrogen (secondary N) is 1. The van der Waals surface area contributed by atoms with Crippen LogP contribution < -0.4 is 4.72 Å². The van der Waals surface area contributed by atoms with Crippen molar-refractivity contribution in [2.75, 3.05) is 6.26 Å². The summed E-state index contributed by atoms with van der Waals surface area (Å²) in [6.45, 7) is 4.35. The molecule has 0 radical (unpaired) electrons. The van der Waals surface area contributed by atoms with Crippen molar-refractivity contribution in [3.63, 3.8) is 0 Å². The third-order valence-corrected chi connectivity index (χ3v) is 3.84. The smallest absolute Gasteiger partial charge is 0.266 e. The third-order valence-electron chi connectivity index (χ3n) is 3.28. The van der Waals surface area contributed by atoms with Crippen LogP contribution in [0.5, 0.6) is 0 Å². The molecule has 112 valence electrons. The first kappa shape index (κ1) is 15.3. The van der Waals surface area contributed by atoms with E-state index in [1.807, 2.05) is 53.5 Å². The van der Waals surface area contributed by atoms with Crippen LogP contribution in [0.2, 0.25) is 0 Å². The van der Waals surface area contributed by atoms with Gasteiger partial charge in [0.25, 0.3) is 5.91 Å². The number of aryl methyl sites for hydroxylation is 1. The van der Waals surface area contributed by atoms with Gasteiger partial charge in [0.2, 0.25) is 10.0 Å². The van der Waals surface area contributed by atoms with Gasteiger partial charge in [0.1, 0.15) is 0 Å².